The SMILES string of the molecule is CC(NC(=O)C(CCC(=O)O)NC(=O)C(Cc1ccc(O)cc1)NC(=O)C(N)CCCN=C(N)N)C(=O)O. The molecule has 0 fully saturated rings. The lowest BCUT2D eigenvalue weighted by Gasteiger charge is -2.24. The zero-order chi connectivity index (χ0) is 28.8. The molecule has 0 aliphatic carbocycles. The highest BCUT2D eigenvalue weighted by atomic mass is 16.4. The maximum Gasteiger partial charge on any atom is 0.325 e. The summed E-state index contributed by atoms with van der Waals surface area (Å²) in [5, 5.41) is 34.7. The minimum absolute atomic E-state index is 0.0143. The van der Waals surface area contributed by atoms with Crippen LogP contribution in [0.4, 0.5) is 0 Å². The van der Waals surface area contributed by atoms with Gasteiger partial charge in [0.15, 0.2) is 5.96 Å². The lowest BCUT2D eigenvalue weighted by molar-refractivity contribution is -0.142. The van der Waals surface area contributed by atoms with Crippen LogP contribution in [0.25, 0.3) is 0 Å². The van der Waals surface area contributed by atoms with Crippen molar-refractivity contribution >= 4 is 35.6 Å². The lowest BCUT2D eigenvalue weighted by Crippen LogP contribution is -2.57. The molecule has 210 valence electrons. The Morgan fingerprint density at radius 3 is 2.03 bits per heavy atom. The molecule has 1 aromatic rings. The van der Waals surface area contributed by atoms with E-state index in [1.165, 1.54) is 31.2 Å². The first-order valence-electron chi connectivity index (χ1n) is 11.7. The molecule has 12 N–H and O–H groups in total. The average molecular weight is 538 g/mol. The molecule has 4 atom stereocenters. The monoisotopic (exact) mass is 537 g/mol. The fourth-order valence-corrected chi connectivity index (χ4v) is 3.19. The van der Waals surface area contributed by atoms with Crippen LogP contribution in [0.1, 0.15) is 38.2 Å². The maximum absolute atomic E-state index is 13.2. The number of aromatic hydroxyl groups is 1. The van der Waals surface area contributed by atoms with Crippen molar-refractivity contribution < 1.29 is 39.3 Å². The van der Waals surface area contributed by atoms with Crippen molar-refractivity contribution in [2.45, 2.75) is 63.2 Å². The first kappa shape index (κ1) is 31.6. The van der Waals surface area contributed by atoms with E-state index in [4.69, 9.17) is 27.4 Å². The normalized spacial score (nSPS) is 13.7. The van der Waals surface area contributed by atoms with Crippen molar-refractivity contribution in [1.82, 2.24) is 16.0 Å². The van der Waals surface area contributed by atoms with Crippen molar-refractivity contribution in [2.75, 3.05) is 6.54 Å². The predicted molar refractivity (Wildman–Crippen MR) is 136 cm³/mol. The summed E-state index contributed by atoms with van der Waals surface area (Å²) in [5.74, 6) is -5.07. The largest absolute Gasteiger partial charge is 0.508 e. The van der Waals surface area contributed by atoms with Crippen LogP contribution < -0.4 is 33.2 Å². The van der Waals surface area contributed by atoms with Crippen LogP contribution in [-0.2, 0) is 30.4 Å². The lowest BCUT2D eigenvalue weighted by atomic mass is 10.0. The predicted octanol–water partition coefficient (Wildman–Crippen LogP) is -2.26. The van der Waals surface area contributed by atoms with Crippen molar-refractivity contribution in [3.05, 3.63) is 29.8 Å². The summed E-state index contributed by atoms with van der Waals surface area (Å²) < 4.78 is 0. The van der Waals surface area contributed by atoms with Crippen LogP contribution in [0, 0.1) is 0 Å². The van der Waals surface area contributed by atoms with Gasteiger partial charge in [-0.05, 0) is 43.9 Å². The van der Waals surface area contributed by atoms with Crippen molar-refractivity contribution in [2.24, 2.45) is 22.2 Å². The molecule has 0 spiro atoms. The molecule has 4 unspecified atom stereocenters. The van der Waals surface area contributed by atoms with E-state index in [0.717, 1.165) is 0 Å². The summed E-state index contributed by atoms with van der Waals surface area (Å²) in [6.45, 7) is 1.45. The highest BCUT2D eigenvalue weighted by Gasteiger charge is 2.30. The van der Waals surface area contributed by atoms with Crippen molar-refractivity contribution in [3.8, 4) is 5.75 Å². The second-order valence-corrected chi connectivity index (χ2v) is 8.55. The van der Waals surface area contributed by atoms with Crippen LogP contribution in [0.15, 0.2) is 29.3 Å². The number of hydrogen-bond donors (Lipinski definition) is 9. The number of carbonyl (C=O) groups excluding carboxylic acids is 3. The zero-order valence-electron chi connectivity index (χ0n) is 20.9. The van der Waals surface area contributed by atoms with Gasteiger partial charge in [0, 0.05) is 19.4 Å². The molecule has 0 radical (unpaired) electrons. The first-order valence-corrected chi connectivity index (χ1v) is 11.7. The molecule has 1 rings (SSSR count). The molecule has 0 heterocycles. The fraction of sp³-hybridized carbons (Fsp3) is 0.478. The Hall–Kier alpha value is -4.40. The molecule has 15 heteroatoms. The second-order valence-electron chi connectivity index (χ2n) is 8.55. The maximum atomic E-state index is 13.2. The van der Waals surface area contributed by atoms with Gasteiger partial charge in [0.25, 0.3) is 0 Å². The van der Waals surface area contributed by atoms with Gasteiger partial charge >= 0.3 is 11.9 Å². The van der Waals surface area contributed by atoms with Gasteiger partial charge in [0.05, 0.1) is 6.04 Å². The van der Waals surface area contributed by atoms with Gasteiger partial charge in [0.2, 0.25) is 17.7 Å². The molecule has 1 aromatic carbocycles. The third-order valence-electron chi connectivity index (χ3n) is 5.32. The summed E-state index contributed by atoms with van der Waals surface area (Å²) in [6.07, 6.45) is -0.288. The van der Waals surface area contributed by atoms with Crippen molar-refractivity contribution in [1.29, 1.82) is 0 Å². The number of amides is 3. The molecule has 0 aliphatic rings. The summed E-state index contributed by atoms with van der Waals surface area (Å²) in [6, 6.07) is 0.884. The Morgan fingerprint density at radius 2 is 1.47 bits per heavy atom. The number of carboxylic acid groups (broad SMARTS) is 2. The first-order chi connectivity index (χ1) is 17.8. The quantitative estimate of drug-likeness (QED) is 0.0616. The van der Waals surface area contributed by atoms with E-state index in [9.17, 15) is 29.1 Å². The highest BCUT2D eigenvalue weighted by molar-refractivity contribution is 5.94. The van der Waals surface area contributed by atoms with E-state index in [0.29, 0.717) is 12.0 Å². The number of benzene rings is 1. The van der Waals surface area contributed by atoms with Gasteiger partial charge in [-0.3, -0.25) is 29.0 Å². The Labute approximate surface area is 218 Å². The highest BCUT2D eigenvalue weighted by Crippen LogP contribution is 2.12. The van der Waals surface area contributed by atoms with E-state index in [2.05, 4.69) is 20.9 Å². The smallest absolute Gasteiger partial charge is 0.325 e. The van der Waals surface area contributed by atoms with Gasteiger partial charge in [-0.15, -0.1) is 0 Å². The number of rotatable bonds is 16. The number of phenols is 1. The van der Waals surface area contributed by atoms with E-state index < -0.39 is 60.2 Å². The number of hydrogen-bond acceptors (Lipinski definition) is 8. The molecule has 0 saturated heterocycles. The summed E-state index contributed by atoms with van der Waals surface area (Å²) in [7, 11) is 0. The number of carbonyl (C=O) groups is 5. The number of aliphatic imine (C=N–C) groups is 1. The summed E-state index contributed by atoms with van der Waals surface area (Å²) >= 11 is 0. The average Bonchev–Trinajstić information content (AvgIpc) is 2.84. The van der Waals surface area contributed by atoms with Crippen LogP contribution in [0.2, 0.25) is 0 Å². The van der Waals surface area contributed by atoms with Gasteiger partial charge in [0.1, 0.15) is 23.9 Å². The van der Waals surface area contributed by atoms with Gasteiger partial charge in [-0.1, -0.05) is 12.1 Å². The Kier molecular flexibility index (Phi) is 13.0. The zero-order valence-corrected chi connectivity index (χ0v) is 20.9. The van der Waals surface area contributed by atoms with Crippen LogP contribution in [0.5, 0.6) is 5.75 Å². The Bertz CT molecular complexity index is 1010. The van der Waals surface area contributed by atoms with E-state index in [1.54, 1.807) is 0 Å². The van der Waals surface area contributed by atoms with E-state index in [1.807, 2.05) is 0 Å². The second kappa shape index (κ2) is 15.7. The van der Waals surface area contributed by atoms with Gasteiger partial charge < -0.3 is 48.5 Å². The van der Waals surface area contributed by atoms with Crippen LogP contribution in [0.3, 0.4) is 0 Å². The van der Waals surface area contributed by atoms with Crippen molar-refractivity contribution in [3.63, 3.8) is 0 Å². The molecule has 0 bridgehead atoms. The number of guanidine groups is 1. The van der Waals surface area contributed by atoms with E-state index in [-0.39, 0.29) is 37.5 Å². The van der Waals surface area contributed by atoms with Gasteiger partial charge in [-0.2, -0.15) is 0 Å². The Morgan fingerprint density at radius 1 is 0.895 bits per heavy atom. The number of nitrogens with one attached hydrogen (secondary N) is 3. The Balaban J connectivity index is 3.06. The summed E-state index contributed by atoms with van der Waals surface area (Å²) in [5.41, 5.74) is 17.0. The minimum Gasteiger partial charge on any atom is -0.508 e. The van der Waals surface area contributed by atoms with Gasteiger partial charge in [-0.25, -0.2) is 0 Å². The fourth-order valence-electron chi connectivity index (χ4n) is 3.19. The minimum atomic E-state index is -1.40. The molecule has 38 heavy (non-hydrogen) atoms. The molecule has 0 aliphatic heterocycles. The standard InChI is InChI=1S/C23H35N7O8/c1-12(22(37)38)28-20(35)16(8-9-18(32)33)29-21(36)17(11-13-4-6-14(31)7-5-13)30-19(34)15(24)3-2-10-27-23(25)26/h4-7,12,15-17,31H,2-3,8-11,24H2,1H3,(H,28,35)(H,29,36)(H,30,34)(H,32,33)(H,37,38)(H4,25,26,27). The number of phenolic OH excluding ortho intramolecular Hbond substituents is 1. The molecule has 0 aromatic heterocycles. The molecule has 15 nitrogen and oxygen atoms in total. The number of nitrogens with two attached hydrogens (primary N) is 3. The molecular weight excluding hydrogens is 502 g/mol. The van der Waals surface area contributed by atoms with Crippen LogP contribution in [-0.4, -0.2) is 81.7 Å². The summed E-state index contributed by atoms with van der Waals surface area (Å²) in [4.78, 5) is 64.5. The van der Waals surface area contributed by atoms with Crippen LogP contribution >= 0.6 is 0 Å². The number of nitrogens with zero attached hydrogens (tertiary/aromatic N) is 1. The third-order valence-corrected chi connectivity index (χ3v) is 5.32. The van der Waals surface area contributed by atoms with E-state index >= 15 is 0 Å². The molecule has 3 amide bonds. The topological polar surface area (TPSA) is 273 Å². The molecular formula is C23H35N7O8. The third kappa shape index (κ3) is 12.0. The molecule has 0 saturated carbocycles. The number of aliphatic carboxylic acids is 2. The number of carboxylic acids is 2.